The third-order valence-electron chi connectivity index (χ3n) is 5.43. The summed E-state index contributed by atoms with van der Waals surface area (Å²) in [6.07, 6.45) is 2.03. The number of rotatable bonds is 8. The molecule has 1 atom stereocenters. The van der Waals surface area contributed by atoms with E-state index in [2.05, 4.69) is 29.8 Å². The molecule has 0 radical (unpaired) electrons. The van der Waals surface area contributed by atoms with Crippen LogP contribution in [0.4, 0.5) is 5.69 Å². The van der Waals surface area contributed by atoms with Gasteiger partial charge in [0.2, 0.25) is 5.91 Å². The highest BCUT2D eigenvalue weighted by Crippen LogP contribution is 2.34. The van der Waals surface area contributed by atoms with Crippen LogP contribution in [-0.4, -0.2) is 37.6 Å². The minimum atomic E-state index is -0.199. The number of carbonyl (C=O) groups is 2. The first-order valence-corrected chi connectivity index (χ1v) is 10.8. The van der Waals surface area contributed by atoms with E-state index in [1.807, 2.05) is 24.3 Å². The summed E-state index contributed by atoms with van der Waals surface area (Å²) >= 11 is 0. The third-order valence-corrected chi connectivity index (χ3v) is 5.43. The fourth-order valence-corrected chi connectivity index (χ4v) is 3.67. The molecule has 1 saturated carbocycles. The molecule has 2 aromatic rings. The van der Waals surface area contributed by atoms with E-state index in [9.17, 15) is 9.59 Å². The molecule has 0 unspecified atom stereocenters. The molecule has 7 nitrogen and oxygen atoms in total. The largest absolute Gasteiger partial charge is 0.486 e. The van der Waals surface area contributed by atoms with Gasteiger partial charge in [0.05, 0.1) is 17.8 Å². The molecule has 1 aliphatic heterocycles. The van der Waals surface area contributed by atoms with Crippen molar-refractivity contribution in [3.8, 4) is 11.5 Å². The van der Waals surface area contributed by atoms with E-state index >= 15 is 0 Å². The summed E-state index contributed by atoms with van der Waals surface area (Å²) in [5.74, 6) is 1.39. The Morgan fingerprint density at radius 2 is 1.77 bits per heavy atom. The Kier molecular flexibility index (Phi) is 6.42. The molecule has 1 heterocycles. The van der Waals surface area contributed by atoms with Crippen LogP contribution in [0, 0.1) is 5.92 Å². The van der Waals surface area contributed by atoms with Crippen molar-refractivity contribution in [1.29, 1.82) is 0 Å². The van der Waals surface area contributed by atoms with Gasteiger partial charge in [-0.25, -0.2) is 0 Å². The topological polar surface area (TPSA) is 88.7 Å². The third kappa shape index (κ3) is 5.35. The number of hydrogen-bond donors (Lipinski definition) is 3. The van der Waals surface area contributed by atoms with E-state index in [0.717, 1.165) is 29.9 Å². The number of fused-ring (bicyclic) bond motifs is 1. The van der Waals surface area contributed by atoms with Gasteiger partial charge in [-0.1, -0.05) is 32.0 Å². The second-order valence-corrected chi connectivity index (χ2v) is 8.35. The van der Waals surface area contributed by atoms with Crippen LogP contribution in [0.5, 0.6) is 11.5 Å². The predicted octanol–water partition coefficient (Wildman–Crippen LogP) is 3.28. The standard InChI is InChI=1S/C24H29N3O4/c1-15(2)23(16-7-10-20-21(13-16)31-12-11-30-20)25-14-22(28)27-19-6-4-3-5-18(19)24(29)26-17-8-9-17/h3-7,10,13,15,17,23,25H,8-9,11-12,14H2,1-2H3,(H,26,29)(H,27,28)/t23-/m0/s1. The number of anilines is 1. The van der Waals surface area contributed by atoms with Gasteiger partial charge < -0.3 is 25.4 Å². The Balaban J connectivity index is 1.40. The van der Waals surface area contributed by atoms with Gasteiger partial charge in [0, 0.05) is 12.1 Å². The zero-order chi connectivity index (χ0) is 21.8. The number of carbonyl (C=O) groups excluding carboxylic acids is 2. The Morgan fingerprint density at radius 1 is 1.03 bits per heavy atom. The zero-order valence-electron chi connectivity index (χ0n) is 17.9. The summed E-state index contributed by atoms with van der Waals surface area (Å²) in [7, 11) is 0. The molecule has 3 N–H and O–H groups in total. The van der Waals surface area contributed by atoms with E-state index in [0.29, 0.717) is 24.5 Å². The maximum absolute atomic E-state index is 12.7. The summed E-state index contributed by atoms with van der Waals surface area (Å²) in [4.78, 5) is 25.1. The van der Waals surface area contributed by atoms with Crippen molar-refractivity contribution in [2.75, 3.05) is 25.1 Å². The summed E-state index contributed by atoms with van der Waals surface area (Å²) in [5, 5.41) is 9.19. The van der Waals surface area contributed by atoms with Crippen LogP contribution in [0.15, 0.2) is 42.5 Å². The van der Waals surface area contributed by atoms with Gasteiger partial charge in [-0.2, -0.15) is 0 Å². The lowest BCUT2D eigenvalue weighted by atomic mass is 9.95. The van der Waals surface area contributed by atoms with Crippen molar-refractivity contribution in [1.82, 2.24) is 10.6 Å². The fraction of sp³-hybridized carbons (Fsp3) is 0.417. The first-order valence-electron chi connectivity index (χ1n) is 10.8. The molecule has 164 valence electrons. The van der Waals surface area contributed by atoms with E-state index in [1.54, 1.807) is 18.2 Å². The minimum absolute atomic E-state index is 0.0324. The lowest BCUT2D eigenvalue weighted by Gasteiger charge is -2.25. The SMILES string of the molecule is CC(C)[C@H](NCC(=O)Nc1ccccc1C(=O)NC1CC1)c1ccc2c(c1)OCCO2. The van der Waals surface area contributed by atoms with Gasteiger partial charge >= 0.3 is 0 Å². The maximum Gasteiger partial charge on any atom is 0.253 e. The first-order chi connectivity index (χ1) is 15.0. The van der Waals surface area contributed by atoms with E-state index in [1.165, 1.54) is 0 Å². The van der Waals surface area contributed by atoms with Crippen molar-refractivity contribution in [2.45, 2.75) is 38.8 Å². The van der Waals surface area contributed by atoms with Gasteiger partial charge in [0.25, 0.3) is 5.91 Å². The number of nitrogens with one attached hydrogen (secondary N) is 3. The number of para-hydroxylation sites is 1. The Morgan fingerprint density at radius 3 is 2.52 bits per heavy atom. The van der Waals surface area contributed by atoms with Crippen LogP contribution in [-0.2, 0) is 4.79 Å². The quantitative estimate of drug-likeness (QED) is 0.606. The van der Waals surface area contributed by atoms with E-state index in [4.69, 9.17) is 9.47 Å². The Hall–Kier alpha value is -3.06. The maximum atomic E-state index is 12.7. The number of hydrogen-bond acceptors (Lipinski definition) is 5. The molecule has 2 aliphatic rings. The van der Waals surface area contributed by atoms with Gasteiger partial charge in [-0.05, 0) is 48.6 Å². The van der Waals surface area contributed by atoms with Gasteiger partial charge in [-0.15, -0.1) is 0 Å². The van der Waals surface area contributed by atoms with E-state index < -0.39 is 0 Å². The smallest absolute Gasteiger partial charge is 0.253 e. The summed E-state index contributed by atoms with van der Waals surface area (Å²) in [5.41, 5.74) is 2.04. The van der Waals surface area contributed by atoms with E-state index in [-0.39, 0.29) is 36.4 Å². The minimum Gasteiger partial charge on any atom is -0.486 e. The Bertz CT molecular complexity index is 956. The molecular weight excluding hydrogens is 394 g/mol. The number of benzene rings is 2. The van der Waals surface area contributed by atoms with Crippen molar-refractivity contribution < 1.29 is 19.1 Å². The highest BCUT2D eigenvalue weighted by atomic mass is 16.6. The molecule has 4 rings (SSSR count). The van der Waals surface area contributed by atoms with Crippen molar-refractivity contribution in [2.24, 2.45) is 5.92 Å². The first kappa shape index (κ1) is 21.2. The van der Waals surface area contributed by atoms with Crippen LogP contribution in [0.25, 0.3) is 0 Å². The molecule has 0 aromatic heterocycles. The Labute approximate surface area is 182 Å². The lowest BCUT2D eigenvalue weighted by molar-refractivity contribution is -0.115. The van der Waals surface area contributed by atoms with Gasteiger partial charge in [0.15, 0.2) is 11.5 Å². The highest BCUT2D eigenvalue weighted by molar-refractivity contribution is 6.04. The monoisotopic (exact) mass is 423 g/mol. The van der Waals surface area contributed by atoms with Crippen LogP contribution in [0.3, 0.4) is 0 Å². The van der Waals surface area contributed by atoms with Crippen molar-refractivity contribution in [3.05, 3.63) is 53.6 Å². The molecule has 0 bridgehead atoms. The van der Waals surface area contributed by atoms with Crippen LogP contribution < -0.4 is 25.4 Å². The summed E-state index contributed by atoms with van der Waals surface area (Å²) in [6, 6.07) is 13.2. The molecule has 0 saturated heterocycles. The molecule has 0 spiro atoms. The normalized spacial score (nSPS) is 16.0. The van der Waals surface area contributed by atoms with Crippen LogP contribution in [0.2, 0.25) is 0 Å². The molecule has 1 aliphatic carbocycles. The molecule has 31 heavy (non-hydrogen) atoms. The number of ether oxygens (including phenoxy) is 2. The van der Waals surface area contributed by atoms with Gasteiger partial charge in [-0.3, -0.25) is 9.59 Å². The highest BCUT2D eigenvalue weighted by Gasteiger charge is 2.25. The zero-order valence-corrected chi connectivity index (χ0v) is 17.9. The van der Waals surface area contributed by atoms with Crippen molar-refractivity contribution >= 4 is 17.5 Å². The second-order valence-electron chi connectivity index (χ2n) is 8.35. The molecule has 1 fully saturated rings. The molecule has 2 aromatic carbocycles. The number of amides is 2. The average molecular weight is 424 g/mol. The van der Waals surface area contributed by atoms with Crippen LogP contribution in [0.1, 0.15) is 48.7 Å². The fourth-order valence-electron chi connectivity index (χ4n) is 3.67. The summed E-state index contributed by atoms with van der Waals surface area (Å²) < 4.78 is 11.3. The van der Waals surface area contributed by atoms with Crippen LogP contribution >= 0.6 is 0 Å². The lowest BCUT2D eigenvalue weighted by Crippen LogP contribution is -2.34. The second kappa shape index (κ2) is 9.39. The predicted molar refractivity (Wildman–Crippen MR) is 119 cm³/mol. The van der Waals surface area contributed by atoms with Crippen molar-refractivity contribution in [3.63, 3.8) is 0 Å². The average Bonchev–Trinajstić information content (AvgIpc) is 3.58. The van der Waals surface area contributed by atoms with Gasteiger partial charge in [0.1, 0.15) is 13.2 Å². The summed E-state index contributed by atoms with van der Waals surface area (Å²) in [6.45, 7) is 5.41. The molecule has 2 amide bonds. The molecular formula is C24H29N3O4. The molecule has 7 heteroatoms.